The minimum absolute atomic E-state index is 0.682. The molecule has 2 heteroatoms. The quantitative estimate of drug-likeness (QED) is 0.801. The fraction of sp³-hybridized carbons (Fsp3) is 0.167. The van der Waals surface area contributed by atoms with Crippen LogP contribution in [-0.2, 0) is 6.42 Å². The Kier molecular flexibility index (Phi) is 2.65. The Morgan fingerprint density at radius 3 is 2.79 bits per heavy atom. The maximum Gasteiger partial charge on any atom is 0.133 e. The van der Waals surface area contributed by atoms with E-state index in [9.17, 15) is 0 Å². The number of nitrogens with two attached hydrogens (primary N) is 1. The van der Waals surface area contributed by atoms with Crippen LogP contribution < -0.4 is 5.73 Å². The van der Waals surface area contributed by atoms with E-state index in [1.807, 2.05) is 24.3 Å². The summed E-state index contributed by atoms with van der Waals surface area (Å²) in [6.07, 6.45) is 2.60. The fourth-order valence-electron chi connectivity index (χ4n) is 1.49. The Morgan fingerprint density at radius 1 is 1.14 bits per heavy atom. The summed E-state index contributed by atoms with van der Waals surface area (Å²) in [4.78, 5) is 0. The molecule has 2 nitrogen and oxygen atoms in total. The number of furan rings is 1. The van der Waals surface area contributed by atoms with E-state index in [2.05, 4.69) is 12.1 Å². The molecule has 0 aliphatic rings. The molecule has 72 valence electrons. The third-order valence-electron chi connectivity index (χ3n) is 2.17. The van der Waals surface area contributed by atoms with Gasteiger partial charge in [0.05, 0.1) is 6.26 Å². The monoisotopic (exact) mass is 187 g/mol. The van der Waals surface area contributed by atoms with Crippen molar-refractivity contribution in [2.24, 2.45) is 5.73 Å². The maximum atomic E-state index is 5.51. The molecule has 0 amide bonds. The summed E-state index contributed by atoms with van der Waals surface area (Å²) in [5.41, 5.74) is 7.87. The molecule has 0 spiro atoms. The summed E-state index contributed by atoms with van der Waals surface area (Å²) >= 11 is 0. The number of hydrogen-bond donors (Lipinski definition) is 1. The van der Waals surface area contributed by atoms with Gasteiger partial charge in [0.1, 0.15) is 5.76 Å². The van der Waals surface area contributed by atoms with Crippen molar-refractivity contribution in [3.8, 4) is 11.3 Å². The highest BCUT2D eigenvalue weighted by molar-refractivity contribution is 5.58. The molecule has 1 aromatic heterocycles. The zero-order chi connectivity index (χ0) is 9.80. The van der Waals surface area contributed by atoms with Crippen LogP contribution in [0.15, 0.2) is 47.1 Å². The summed E-state index contributed by atoms with van der Waals surface area (Å²) in [6.45, 7) is 0.682. The highest BCUT2D eigenvalue weighted by Crippen LogP contribution is 2.20. The molecule has 0 radical (unpaired) electrons. The molecule has 0 atom stereocenters. The van der Waals surface area contributed by atoms with Crippen molar-refractivity contribution in [3.63, 3.8) is 0 Å². The van der Waals surface area contributed by atoms with Crippen LogP contribution in [-0.4, -0.2) is 6.54 Å². The largest absolute Gasteiger partial charge is 0.464 e. The SMILES string of the molecule is NCCc1cccc(-c2ccco2)c1. The van der Waals surface area contributed by atoms with E-state index in [0.717, 1.165) is 17.7 Å². The molecule has 0 saturated heterocycles. The van der Waals surface area contributed by atoms with Crippen molar-refractivity contribution in [3.05, 3.63) is 48.2 Å². The number of benzene rings is 1. The predicted molar refractivity (Wildman–Crippen MR) is 56.9 cm³/mol. The Bertz CT molecular complexity index is 392. The van der Waals surface area contributed by atoms with Crippen LogP contribution in [0.2, 0.25) is 0 Å². The predicted octanol–water partition coefficient (Wildman–Crippen LogP) is 2.45. The molecular weight excluding hydrogens is 174 g/mol. The maximum absolute atomic E-state index is 5.51. The van der Waals surface area contributed by atoms with E-state index < -0.39 is 0 Å². The smallest absolute Gasteiger partial charge is 0.133 e. The average molecular weight is 187 g/mol. The molecule has 1 heterocycles. The van der Waals surface area contributed by atoms with E-state index >= 15 is 0 Å². The number of rotatable bonds is 3. The minimum atomic E-state index is 0.682. The van der Waals surface area contributed by atoms with E-state index in [1.165, 1.54) is 5.56 Å². The highest BCUT2D eigenvalue weighted by Gasteiger charge is 2.00. The van der Waals surface area contributed by atoms with Crippen LogP contribution in [0, 0.1) is 0 Å². The Balaban J connectivity index is 2.31. The summed E-state index contributed by atoms with van der Waals surface area (Å²) in [5, 5.41) is 0. The van der Waals surface area contributed by atoms with Crippen LogP contribution in [0.1, 0.15) is 5.56 Å². The van der Waals surface area contributed by atoms with E-state index in [4.69, 9.17) is 10.2 Å². The molecule has 14 heavy (non-hydrogen) atoms. The van der Waals surface area contributed by atoms with Crippen LogP contribution in [0.4, 0.5) is 0 Å². The molecule has 0 aliphatic carbocycles. The lowest BCUT2D eigenvalue weighted by Crippen LogP contribution is -2.02. The first-order chi connectivity index (χ1) is 6.90. The second kappa shape index (κ2) is 4.11. The molecule has 0 fully saturated rings. The zero-order valence-electron chi connectivity index (χ0n) is 7.94. The first-order valence-corrected chi connectivity index (χ1v) is 4.73. The third kappa shape index (κ3) is 1.86. The van der Waals surface area contributed by atoms with Gasteiger partial charge in [0.15, 0.2) is 0 Å². The second-order valence-electron chi connectivity index (χ2n) is 3.22. The van der Waals surface area contributed by atoms with Gasteiger partial charge in [-0.1, -0.05) is 18.2 Å². The summed E-state index contributed by atoms with van der Waals surface area (Å²) < 4.78 is 5.32. The average Bonchev–Trinajstić information content (AvgIpc) is 2.71. The fourth-order valence-corrected chi connectivity index (χ4v) is 1.49. The van der Waals surface area contributed by atoms with Crippen molar-refractivity contribution in [2.75, 3.05) is 6.54 Å². The van der Waals surface area contributed by atoms with Gasteiger partial charge in [-0.3, -0.25) is 0 Å². The van der Waals surface area contributed by atoms with Crippen molar-refractivity contribution in [2.45, 2.75) is 6.42 Å². The van der Waals surface area contributed by atoms with Gasteiger partial charge in [-0.15, -0.1) is 0 Å². The molecular formula is C12H13NO. The normalized spacial score (nSPS) is 10.4. The molecule has 1 aromatic carbocycles. The lowest BCUT2D eigenvalue weighted by atomic mass is 10.1. The molecule has 0 aliphatic heterocycles. The number of hydrogen-bond acceptors (Lipinski definition) is 2. The van der Waals surface area contributed by atoms with E-state index in [-0.39, 0.29) is 0 Å². The topological polar surface area (TPSA) is 39.2 Å². The van der Waals surface area contributed by atoms with Gasteiger partial charge >= 0.3 is 0 Å². The van der Waals surface area contributed by atoms with Gasteiger partial charge in [0.2, 0.25) is 0 Å². The first-order valence-electron chi connectivity index (χ1n) is 4.73. The molecule has 2 rings (SSSR count). The van der Waals surface area contributed by atoms with Gasteiger partial charge in [0.25, 0.3) is 0 Å². The van der Waals surface area contributed by atoms with Crippen LogP contribution in [0.5, 0.6) is 0 Å². The highest BCUT2D eigenvalue weighted by atomic mass is 16.3. The molecule has 0 saturated carbocycles. The van der Waals surface area contributed by atoms with Gasteiger partial charge in [-0.2, -0.15) is 0 Å². The van der Waals surface area contributed by atoms with Crippen molar-refractivity contribution in [1.82, 2.24) is 0 Å². The van der Waals surface area contributed by atoms with E-state index in [1.54, 1.807) is 6.26 Å². The van der Waals surface area contributed by atoms with Crippen LogP contribution >= 0.6 is 0 Å². The standard InChI is InChI=1S/C12H13NO/c13-7-6-10-3-1-4-11(9-10)12-5-2-8-14-12/h1-5,8-9H,6-7,13H2. The van der Waals surface area contributed by atoms with Crippen molar-refractivity contribution in [1.29, 1.82) is 0 Å². The van der Waals surface area contributed by atoms with Crippen molar-refractivity contribution < 1.29 is 4.42 Å². The summed E-state index contributed by atoms with van der Waals surface area (Å²) in [5.74, 6) is 0.906. The summed E-state index contributed by atoms with van der Waals surface area (Å²) in [7, 11) is 0. The zero-order valence-corrected chi connectivity index (χ0v) is 7.94. The lowest BCUT2D eigenvalue weighted by molar-refractivity contribution is 0.582. The molecule has 2 N–H and O–H groups in total. The van der Waals surface area contributed by atoms with Gasteiger partial charge in [-0.05, 0) is 36.7 Å². The molecule has 0 bridgehead atoms. The Morgan fingerprint density at radius 2 is 2.07 bits per heavy atom. The second-order valence-corrected chi connectivity index (χ2v) is 3.22. The first kappa shape index (κ1) is 9.03. The van der Waals surface area contributed by atoms with Gasteiger partial charge < -0.3 is 10.2 Å². The molecule has 0 unspecified atom stereocenters. The third-order valence-corrected chi connectivity index (χ3v) is 2.17. The van der Waals surface area contributed by atoms with Gasteiger partial charge in [0, 0.05) is 5.56 Å². The molecule has 2 aromatic rings. The Labute approximate surface area is 83.4 Å². The lowest BCUT2D eigenvalue weighted by Gasteiger charge is -2.01. The van der Waals surface area contributed by atoms with Gasteiger partial charge in [-0.25, -0.2) is 0 Å². The van der Waals surface area contributed by atoms with E-state index in [0.29, 0.717) is 6.54 Å². The minimum Gasteiger partial charge on any atom is -0.464 e. The summed E-state index contributed by atoms with van der Waals surface area (Å²) in [6, 6.07) is 12.1. The van der Waals surface area contributed by atoms with Crippen LogP contribution in [0.25, 0.3) is 11.3 Å². The van der Waals surface area contributed by atoms with Crippen molar-refractivity contribution >= 4 is 0 Å². The Hall–Kier alpha value is -1.54. The van der Waals surface area contributed by atoms with Crippen LogP contribution in [0.3, 0.4) is 0 Å².